The summed E-state index contributed by atoms with van der Waals surface area (Å²) < 4.78 is 27.2. The number of rotatable bonds is 4. The monoisotopic (exact) mass is 308 g/mol. The van der Waals surface area contributed by atoms with Gasteiger partial charge in [-0.05, 0) is 41.4 Å². The Hall–Kier alpha value is -0.520. The first kappa shape index (κ1) is 14.5. The highest BCUT2D eigenvalue weighted by Gasteiger charge is 2.30. The minimum absolute atomic E-state index is 0.136. The maximum absolute atomic E-state index is 13.6. The first-order valence-corrected chi connectivity index (χ1v) is 6.11. The Balaban J connectivity index is 3.00. The normalized spacial score (nSPS) is 16.6. The molecule has 96 valence electrons. The van der Waals surface area contributed by atoms with Gasteiger partial charge < -0.3 is 10.2 Å². The summed E-state index contributed by atoms with van der Waals surface area (Å²) in [6, 6.07) is 2.38. The molecule has 0 aliphatic heterocycles. The number of hydrogen-bond donors (Lipinski definition) is 2. The van der Waals surface area contributed by atoms with Crippen molar-refractivity contribution in [2.45, 2.75) is 38.4 Å². The zero-order valence-electron chi connectivity index (χ0n) is 9.67. The summed E-state index contributed by atoms with van der Waals surface area (Å²) in [4.78, 5) is 0. The largest absolute Gasteiger partial charge is 0.390 e. The van der Waals surface area contributed by atoms with Gasteiger partial charge in [0.2, 0.25) is 0 Å². The van der Waals surface area contributed by atoms with Gasteiger partial charge in [-0.1, -0.05) is 6.92 Å². The van der Waals surface area contributed by atoms with Crippen molar-refractivity contribution in [2.24, 2.45) is 0 Å². The summed E-state index contributed by atoms with van der Waals surface area (Å²) in [6.45, 7) is 3.13. The number of aliphatic hydroxyl groups excluding tert-OH is 1. The van der Waals surface area contributed by atoms with Crippen LogP contribution in [0.25, 0.3) is 0 Å². The van der Waals surface area contributed by atoms with Gasteiger partial charge in [-0.25, -0.2) is 8.78 Å². The Morgan fingerprint density at radius 2 is 2.00 bits per heavy atom. The standard InChI is InChI=1S/C12H15BrF2O2/c1-3-12(2,17)10(16)6-7-9(14)5-4-8(13)11(7)15/h4-5,10,16-17H,3,6H2,1-2H3. The van der Waals surface area contributed by atoms with Crippen molar-refractivity contribution in [2.75, 3.05) is 0 Å². The lowest BCUT2D eigenvalue weighted by Gasteiger charge is -2.28. The molecular formula is C12H15BrF2O2. The smallest absolute Gasteiger partial charge is 0.143 e. The van der Waals surface area contributed by atoms with E-state index in [1.807, 2.05) is 0 Å². The van der Waals surface area contributed by atoms with Crippen LogP contribution in [0.1, 0.15) is 25.8 Å². The fraction of sp³-hybridized carbons (Fsp3) is 0.500. The molecule has 5 heteroatoms. The summed E-state index contributed by atoms with van der Waals surface area (Å²) in [5.74, 6) is -1.47. The molecule has 0 radical (unpaired) electrons. The highest BCUT2D eigenvalue weighted by atomic mass is 79.9. The molecule has 1 rings (SSSR count). The molecule has 2 N–H and O–H groups in total. The molecule has 0 spiro atoms. The van der Waals surface area contributed by atoms with Crippen molar-refractivity contribution in [3.63, 3.8) is 0 Å². The van der Waals surface area contributed by atoms with E-state index in [4.69, 9.17) is 0 Å². The van der Waals surface area contributed by atoms with Crippen molar-refractivity contribution in [1.29, 1.82) is 0 Å². The molecule has 2 atom stereocenters. The quantitative estimate of drug-likeness (QED) is 0.840. The molecular weight excluding hydrogens is 294 g/mol. The van der Waals surface area contributed by atoms with Crippen molar-refractivity contribution >= 4 is 15.9 Å². The van der Waals surface area contributed by atoms with Crippen molar-refractivity contribution in [3.8, 4) is 0 Å². The Morgan fingerprint density at radius 3 is 2.53 bits per heavy atom. The van der Waals surface area contributed by atoms with E-state index >= 15 is 0 Å². The van der Waals surface area contributed by atoms with Crippen molar-refractivity contribution in [1.82, 2.24) is 0 Å². The molecule has 0 aliphatic rings. The zero-order chi connectivity index (χ0) is 13.2. The number of benzene rings is 1. The van der Waals surface area contributed by atoms with E-state index in [0.717, 1.165) is 6.07 Å². The summed E-state index contributed by atoms with van der Waals surface area (Å²) in [6.07, 6.45) is -1.19. The molecule has 17 heavy (non-hydrogen) atoms. The van der Waals surface area contributed by atoms with Gasteiger partial charge in [-0.3, -0.25) is 0 Å². The lowest BCUT2D eigenvalue weighted by molar-refractivity contribution is -0.0635. The van der Waals surface area contributed by atoms with E-state index < -0.39 is 23.3 Å². The van der Waals surface area contributed by atoms with Gasteiger partial charge in [-0.2, -0.15) is 0 Å². The van der Waals surface area contributed by atoms with Crippen LogP contribution in [0, 0.1) is 11.6 Å². The first-order chi connectivity index (χ1) is 7.79. The zero-order valence-corrected chi connectivity index (χ0v) is 11.3. The third-order valence-corrected chi connectivity index (χ3v) is 3.58. The highest BCUT2D eigenvalue weighted by molar-refractivity contribution is 9.10. The van der Waals surface area contributed by atoms with Gasteiger partial charge in [-0.15, -0.1) is 0 Å². The molecule has 2 nitrogen and oxygen atoms in total. The van der Waals surface area contributed by atoms with Gasteiger partial charge in [0.25, 0.3) is 0 Å². The Kier molecular flexibility index (Phi) is 4.63. The average molecular weight is 309 g/mol. The lowest BCUT2D eigenvalue weighted by Crippen LogP contribution is -2.40. The average Bonchev–Trinajstić information content (AvgIpc) is 2.29. The third-order valence-electron chi connectivity index (χ3n) is 2.97. The predicted molar refractivity (Wildman–Crippen MR) is 64.7 cm³/mol. The van der Waals surface area contributed by atoms with E-state index in [9.17, 15) is 19.0 Å². The summed E-state index contributed by atoms with van der Waals surface area (Å²) >= 11 is 2.95. The van der Waals surface area contributed by atoms with Crippen LogP contribution in [-0.2, 0) is 6.42 Å². The second kappa shape index (κ2) is 5.42. The van der Waals surface area contributed by atoms with Crippen LogP contribution in [0.2, 0.25) is 0 Å². The maximum Gasteiger partial charge on any atom is 0.143 e. The molecule has 0 saturated heterocycles. The van der Waals surface area contributed by atoms with E-state index in [1.54, 1.807) is 6.92 Å². The maximum atomic E-state index is 13.6. The van der Waals surface area contributed by atoms with Crippen LogP contribution in [0.3, 0.4) is 0 Å². The van der Waals surface area contributed by atoms with Gasteiger partial charge >= 0.3 is 0 Å². The number of halogens is 3. The van der Waals surface area contributed by atoms with Gasteiger partial charge in [0.15, 0.2) is 0 Å². The van der Waals surface area contributed by atoms with Crippen LogP contribution in [0.4, 0.5) is 8.78 Å². The van der Waals surface area contributed by atoms with E-state index in [-0.39, 0.29) is 16.5 Å². The number of hydrogen-bond acceptors (Lipinski definition) is 2. The summed E-state index contributed by atoms with van der Waals surface area (Å²) in [5.41, 5.74) is -1.58. The van der Waals surface area contributed by atoms with Gasteiger partial charge in [0.05, 0.1) is 16.2 Å². The molecule has 0 bridgehead atoms. The van der Waals surface area contributed by atoms with Crippen LogP contribution < -0.4 is 0 Å². The van der Waals surface area contributed by atoms with E-state index in [2.05, 4.69) is 15.9 Å². The summed E-state index contributed by atoms with van der Waals surface area (Å²) in [7, 11) is 0. The fourth-order valence-corrected chi connectivity index (χ4v) is 1.78. The molecule has 2 unspecified atom stereocenters. The molecule has 1 aromatic carbocycles. The molecule has 0 aliphatic carbocycles. The molecule has 0 saturated carbocycles. The molecule has 0 amide bonds. The Bertz CT molecular complexity index is 408. The number of aliphatic hydroxyl groups is 2. The van der Waals surface area contributed by atoms with Crippen LogP contribution in [0.5, 0.6) is 0 Å². The predicted octanol–water partition coefficient (Wildman–Crippen LogP) is 2.79. The summed E-state index contributed by atoms with van der Waals surface area (Å²) in [5, 5.41) is 19.6. The van der Waals surface area contributed by atoms with Gasteiger partial charge in [0, 0.05) is 12.0 Å². The fourth-order valence-electron chi connectivity index (χ4n) is 1.41. The van der Waals surface area contributed by atoms with Crippen molar-refractivity contribution < 1.29 is 19.0 Å². The Labute approximate surface area is 107 Å². The van der Waals surface area contributed by atoms with E-state index in [1.165, 1.54) is 13.0 Å². The molecule has 0 heterocycles. The van der Waals surface area contributed by atoms with Crippen LogP contribution >= 0.6 is 15.9 Å². The Morgan fingerprint density at radius 1 is 1.41 bits per heavy atom. The highest BCUT2D eigenvalue weighted by Crippen LogP contribution is 2.25. The topological polar surface area (TPSA) is 40.5 Å². The van der Waals surface area contributed by atoms with Gasteiger partial charge in [0.1, 0.15) is 11.6 Å². The first-order valence-electron chi connectivity index (χ1n) is 5.32. The third kappa shape index (κ3) is 3.24. The van der Waals surface area contributed by atoms with Crippen molar-refractivity contribution in [3.05, 3.63) is 33.8 Å². The van der Waals surface area contributed by atoms with Crippen LogP contribution in [0.15, 0.2) is 16.6 Å². The molecule has 0 aromatic heterocycles. The van der Waals surface area contributed by atoms with Crippen LogP contribution in [-0.4, -0.2) is 21.9 Å². The lowest BCUT2D eigenvalue weighted by atomic mass is 9.91. The second-order valence-corrected chi connectivity index (χ2v) is 5.11. The SMILES string of the molecule is CCC(C)(O)C(O)Cc1c(F)ccc(Br)c1F. The second-order valence-electron chi connectivity index (χ2n) is 4.25. The molecule has 1 aromatic rings. The minimum Gasteiger partial charge on any atom is -0.390 e. The molecule has 0 fully saturated rings. The van der Waals surface area contributed by atoms with E-state index in [0.29, 0.717) is 6.42 Å². The minimum atomic E-state index is -1.36.